The summed E-state index contributed by atoms with van der Waals surface area (Å²) in [5.41, 5.74) is 2.90. The maximum absolute atomic E-state index is 9.86. The lowest BCUT2D eigenvalue weighted by Crippen LogP contribution is -2.25. The molecule has 3 rings (SSSR count). The molecule has 22 heavy (non-hydrogen) atoms. The molecule has 0 fully saturated rings. The topological polar surface area (TPSA) is 50.7 Å². The quantitative estimate of drug-likeness (QED) is 0.886. The SMILES string of the molecule is Cc1ccc(NC(Cc2ccccc2)C2=COCO2)cc1O. The molecule has 4 heteroatoms. The molecule has 114 valence electrons. The minimum Gasteiger partial charge on any atom is -0.508 e. The zero-order valence-corrected chi connectivity index (χ0v) is 12.5. The molecule has 0 saturated carbocycles. The monoisotopic (exact) mass is 297 g/mol. The highest BCUT2D eigenvalue weighted by Gasteiger charge is 2.20. The zero-order chi connectivity index (χ0) is 15.4. The van der Waals surface area contributed by atoms with Crippen LogP contribution in [0.4, 0.5) is 5.69 Å². The summed E-state index contributed by atoms with van der Waals surface area (Å²) in [5, 5.41) is 13.3. The molecule has 0 amide bonds. The highest BCUT2D eigenvalue weighted by atomic mass is 16.7. The van der Waals surface area contributed by atoms with Gasteiger partial charge in [0.15, 0.2) is 5.76 Å². The van der Waals surface area contributed by atoms with Crippen LogP contribution in [-0.2, 0) is 15.9 Å². The molecule has 0 radical (unpaired) electrons. The predicted octanol–water partition coefficient (Wildman–Crippen LogP) is 3.57. The van der Waals surface area contributed by atoms with E-state index in [9.17, 15) is 5.11 Å². The molecule has 0 spiro atoms. The van der Waals surface area contributed by atoms with E-state index in [1.54, 1.807) is 12.3 Å². The lowest BCUT2D eigenvalue weighted by atomic mass is 10.0. The Morgan fingerprint density at radius 1 is 1.18 bits per heavy atom. The molecule has 1 heterocycles. The first-order valence-electron chi connectivity index (χ1n) is 7.27. The van der Waals surface area contributed by atoms with Crippen molar-refractivity contribution in [3.8, 4) is 5.75 Å². The van der Waals surface area contributed by atoms with Crippen LogP contribution in [0.25, 0.3) is 0 Å². The Labute approximate surface area is 130 Å². The number of phenols is 1. The third kappa shape index (κ3) is 3.34. The Bertz CT molecular complexity index is 667. The molecule has 0 bridgehead atoms. The number of hydrogen-bond acceptors (Lipinski definition) is 4. The van der Waals surface area contributed by atoms with Gasteiger partial charge in [0.1, 0.15) is 12.0 Å². The molecular weight excluding hydrogens is 278 g/mol. The van der Waals surface area contributed by atoms with Crippen LogP contribution in [0.5, 0.6) is 5.75 Å². The second-order valence-corrected chi connectivity index (χ2v) is 5.34. The summed E-state index contributed by atoms with van der Waals surface area (Å²) < 4.78 is 10.7. The van der Waals surface area contributed by atoms with Crippen molar-refractivity contribution < 1.29 is 14.6 Å². The van der Waals surface area contributed by atoms with Gasteiger partial charge in [-0.1, -0.05) is 36.4 Å². The average molecular weight is 297 g/mol. The van der Waals surface area contributed by atoms with Crippen LogP contribution < -0.4 is 5.32 Å². The van der Waals surface area contributed by atoms with Gasteiger partial charge in [-0.15, -0.1) is 0 Å². The summed E-state index contributed by atoms with van der Waals surface area (Å²) in [6.45, 7) is 2.12. The van der Waals surface area contributed by atoms with Crippen molar-refractivity contribution in [3.63, 3.8) is 0 Å². The van der Waals surface area contributed by atoms with Gasteiger partial charge >= 0.3 is 0 Å². The molecule has 2 aromatic rings. The molecular formula is C18H19NO3. The van der Waals surface area contributed by atoms with Crippen LogP contribution in [0.15, 0.2) is 60.6 Å². The Hall–Kier alpha value is -2.62. The number of hydrogen-bond donors (Lipinski definition) is 2. The fourth-order valence-corrected chi connectivity index (χ4v) is 2.41. The van der Waals surface area contributed by atoms with E-state index < -0.39 is 0 Å². The maximum Gasteiger partial charge on any atom is 0.229 e. The molecule has 1 aliphatic heterocycles. The number of aryl methyl sites for hydroxylation is 1. The maximum atomic E-state index is 9.86. The van der Waals surface area contributed by atoms with Gasteiger partial charge in [0, 0.05) is 11.8 Å². The van der Waals surface area contributed by atoms with E-state index in [1.807, 2.05) is 37.3 Å². The van der Waals surface area contributed by atoms with Crippen molar-refractivity contribution >= 4 is 5.69 Å². The van der Waals surface area contributed by atoms with Gasteiger partial charge < -0.3 is 19.9 Å². The number of nitrogens with one attached hydrogen (secondary N) is 1. The summed E-state index contributed by atoms with van der Waals surface area (Å²) in [5.74, 6) is 1.05. The lowest BCUT2D eigenvalue weighted by Gasteiger charge is -2.20. The highest BCUT2D eigenvalue weighted by molar-refractivity contribution is 5.52. The van der Waals surface area contributed by atoms with Crippen LogP contribution in [-0.4, -0.2) is 17.9 Å². The number of rotatable bonds is 5. The largest absolute Gasteiger partial charge is 0.508 e. The normalized spacial score (nSPS) is 14.7. The number of phenolic OH excluding ortho intramolecular Hbond substituents is 1. The van der Waals surface area contributed by atoms with E-state index in [2.05, 4.69) is 17.4 Å². The van der Waals surface area contributed by atoms with Crippen molar-refractivity contribution in [1.82, 2.24) is 0 Å². The zero-order valence-electron chi connectivity index (χ0n) is 12.5. The summed E-state index contributed by atoms with van der Waals surface area (Å²) in [4.78, 5) is 0. The van der Waals surface area contributed by atoms with Gasteiger partial charge in [-0.2, -0.15) is 0 Å². The number of benzene rings is 2. The second kappa shape index (κ2) is 6.43. The summed E-state index contributed by atoms with van der Waals surface area (Å²) in [6, 6.07) is 15.7. The van der Waals surface area contributed by atoms with E-state index in [-0.39, 0.29) is 18.6 Å². The number of anilines is 1. The first-order valence-corrected chi connectivity index (χ1v) is 7.27. The summed E-state index contributed by atoms with van der Waals surface area (Å²) in [7, 11) is 0. The standard InChI is InChI=1S/C18H19NO3/c1-13-7-8-15(10-17(13)20)19-16(18-11-21-12-22-18)9-14-5-3-2-4-6-14/h2-8,10-11,16,19-20H,9,12H2,1H3. The van der Waals surface area contributed by atoms with Crippen molar-refractivity contribution in [1.29, 1.82) is 0 Å². The van der Waals surface area contributed by atoms with E-state index in [0.29, 0.717) is 0 Å². The Morgan fingerprint density at radius 2 is 2.00 bits per heavy atom. The van der Waals surface area contributed by atoms with Gasteiger partial charge in [0.2, 0.25) is 6.79 Å². The van der Waals surface area contributed by atoms with Crippen molar-refractivity contribution in [2.45, 2.75) is 19.4 Å². The molecule has 1 atom stereocenters. The third-order valence-corrected chi connectivity index (χ3v) is 3.67. The minimum absolute atomic E-state index is 0.0491. The first kappa shape index (κ1) is 14.3. The molecule has 0 saturated heterocycles. The third-order valence-electron chi connectivity index (χ3n) is 3.67. The molecule has 4 nitrogen and oxygen atoms in total. The Kier molecular flexibility index (Phi) is 4.19. The second-order valence-electron chi connectivity index (χ2n) is 5.34. The molecule has 1 unspecified atom stereocenters. The molecule has 2 N–H and O–H groups in total. The van der Waals surface area contributed by atoms with Crippen LogP contribution in [0, 0.1) is 6.92 Å². The van der Waals surface area contributed by atoms with Gasteiger partial charge in [-0.05, 0) is 30.5 Å². The lowest BCUT2D eigenvalue weighted by molar-refractivity contribution is 0.0764. The minimum atomic E-state index is -0.0491. The first-order chi connectivity index (χ1) is 10.7. The number of aromatic hydroxyl groups is 1. The molecule has 1 aliphatic rings. The van der Waals surface area contributed by atoms with Crippen LogP contribution in [0.3, 0.4) is 0 Å². The Balaban J connectivity index is 1.80. The van der Waals surface area contributed by atoms with Gasteiger partial charge in [0.05, 0.1) is 6.04 Å². The summed E-state index contributed by atoms with van der Waals surface area (Å²) in [6.07, 6.45) is 2.42. The Morgan fingerprint density at radius 3 is 2.68 bits per heavy atom. The van der Waals surface area contributed by atoms with E-state index in [4.69, 9.17) is 9.47 Å². The predicted molar refractivity (Wildman–Crippen MR) is 85.5 cm³/mol. The summed E-state index contributed by atoms with van der Waals surface area (Å²) >= 11 is 0. The van der Waals surface area contributed by atoms with Crippen LogP contribution in [0.1, 0.15) is 11.1 Å². The number of ether oxygens (including phenoxy) is 2. The van der Waals surface area contributed by atoms with Crippen molar-refractivity contribution in [2.75, 3.05) is 12.1 Å². The molecule has 0 aromatic heterocycles. The van der Waals surface area contributed by atoms with Crippen molar-refractivity contribution in [2.24, 2.45) is 0 Å². The van der Waals surface area contributed by atoms with Gasteiger partial charge in [-0.25, -0.2) is 0 Å². The smallest absolute Gasteiger partial charge is 0.229 e. The fraction of sp³-hybridized carbons (Fsp3) is 0.222. The van der Waals surface area contributed by atoms with E-state index in [1.165, 1.54) is 5.56 Å². The molecule has 2 aromatic carbocycles. The fourth-order valence-electron chi connectivity index (χ4n) is 2.41. The van der Waals surface area contributed by atoms with Crippen LogP contribution in [0.2, 0.25) is 0 Å². The van der Waals surface area contributed by atoms with Gasteiger partial charge in [-0.3, -0.25) is 0 Å². The molecule has 0 aliphatic carbocycles. The average Bonchev–Trinajstić information content (AvgIpc) is 3.06. The van der Waals surface area contributed by atoms with Crippen LogP contribution >= 0.6 is 0 Å². The highest BCUT2D eigenvalue weighted by Crippen LogP contribution is 2.25. The van der Waals surface area contributed by atoms with E-state index in [0.717, 1.165) is 23.4 Å². The van der Waals surface area contributed by atoms with Crippen molar-refractivity contribution in [3.05, 3.63) is 71.7 Å². The van der Waals surface area contributed by atoms with E-state index >= 15 is 0 Å². The van der Waals surface area contributed by atoms with Gasteiger partial charge in [0.25, 0.3) is 0 Å².